The minimum Gasteiger partial charge on any atom is -0.478 e. The van der Waals surface area contributed by atoms with E-state index < -0.39 is 16.0 Å². The molecule has 7 nitrogen and oxygen atoms in total. The summed E-state index contributed by atoms with van der Waals surface area (Å²) < 4.78 is 29.5. The third-order valence-electron chi connectivity index (χ3n) is 3.93. The van der Waals surface area contributed by atoms with Gasteiger partial charge in [0.15, 0.2) is 0 Å². The first-order valence-corrected chi connectivity index (χ1v) is 8.96. The van der Waals surface area contributed by atoms with E-state index in [-0.39, 0.29) is 16.1 Å². The third kappa shape index (κ3) is 3.08. The van der Waals surface area contributed by atoms with Crippen LogP contribution in [0.25, 0.3) is 11.0 Å². The molecule has 0 bridgehead atoms. The molecule has 130 valence electrons. The minimum atomic E-state index is -3.85. The Kier molecular flexibility index (Phi) is 4.00. The number of carboxylic acids is 1. The summed E-state index contributed by atoms with van der Waals surface area (Å²) >= 11 is 0. The Bertz CT molecular complexity index is 1100. The Morgan fingerprint density at radius 1 is 1.20 bits per heavy atom. The average molecular weight is 359 g/mol. The van der Waals surface area contributed by atoms with Crippen LogP contribution in [0.15, 0.2) is 41.6 Å². The van der Waals surface area contributed by atoms with Crippen molar-refractivity contribution in [3.8, 4) is 0 Å². The van der Waals surface area contributed by atoms with Crippen LogP contribution in [0.1, 0.15) is 21.5 Å². The Labute approximate surface area is 145 Å². The topological polar surface area (TPSA) is 101 Å². The lowest BCUT2D eigenvalue weighted by Gasteiger charge is -2.12. The molecule has 25 heavy (non-hydrogen) atoms. The predicted octanol–water partition coefficient (Wildman–Crippen LogP) is 2.69. The zero-order valence-electron chi connectivity index (χ0n) is 13.9. The number of aromatic nitrogens is 2. The Balaban J connectivity index is 2.11. The number of aromatic carboxylic acids is 1. The van der Waals surface area contributed by atoms with Crippen LogP contribution >= 0.6 is 0 Å². The van der Waals surface area contributed by atoms with Crippen molar-refractivity contribution in [2.24, 2.45) is 7.05 Å². The van der Waals surface area contributed by atoms with Crippen LogP contribution in [-0.2, 0) is 17.1 Å². The van der Waals surface area contributed by atoms with Crippen LogP contribution in [0.2, 0.25) is 0 Å². The standard InChI is InChI=1S/C17H17N3O4S/c1-10-4-5-11(2)15(6-10)25(23,24)19-12-7-13(17(21)22)16-14(8-12)18-9-20(16)3/h4-9,19H,1-3H3,(H,21,22). The molecule has 0 radical (unpaired) electrons. The average Bonchev–Trinajstić information content (AvgIpc) is 2.89. The van der Waals surface area contributed by atoms with Gasteiger partial charge >= 0.3 is 5.97 Å². The van der Waals surface area contributed by atoms with Gasteiger partial charge in [0.05, 0.1) is 33.5 Å². The second-order valence-corrected chi connectivity index (χ2v) is 7.58. The van der Waals surface area contributed by atoms with Gasteiger partial charge in [0.25, 0.3) is 10.0 Å². The molecule has 3 rings (SSSR count). The van der Waals surface area contributed by atoms with Crippen molar-refractivity contribution >= 4 is 32.7 Å². The third-order valence-corrected chi connectivity index (χ3v) is 5.45. The van der Waals surface area contributed by atoms with Crippen LogP contribution in [-0.4, -0.2) is 29.0 Å². The fourth-order valence-corrected chi connectivity index (χ4v) is 4.09. The van der Waals surface area contributed by atoms with E-state index in [1.54, 1.807) is 37.6 Å². The largest absolute Gasteiger partial charge is 0.478 e. The molecule has 0 fully saturated rings. The highest BCUT2D eigenvalue weighted by molar-refractivity contribution is 7.92. The number of carboxylic acid groups (broad SMARTS) is 1. The van der Waals surface area contributed by atoms with Gasteiger partial charge in [-0.15, -0.1) is 0 Å². The number of imidazole rings is 1. The molecular weight excluding hydrogens is 342 g/mol. The molecule has 8 heteroatoms. The quantitative estimate of drug-likeness (QED) is 0.746. The maximum absolute atomic E-state index is 12.7. The van der Waals surface area contributed by atoms with Gasteiger partial charge in [-0.2, -0.15) is 0 Å². The van der Waals surface area contributed by atoms with E-state index in [1.807, 2.05) is 6.07 Å². The first-order chi connectivity index (χ1) is 11.7. The molecular formula is C17H17N3O4S. The summed E-state index contributed by atoms with van der Waals surface area (Å²) in [5.74, 6) is -1.15. The summed E-state index contributed by atoms with van der Waals surface area (Å²) in [6.45, 7) is 3.51. The van der Waals surface area contributed by atoms with E-state index in [9.17, 15) is 18.3 Å². The molecule has 0 aliphatic carbocycles. The lowest BCUT2D eigenvalue weighted by molar-refractivity contribution is 0.0698. The van der Waals surface area contributed by atoms with E-state index in [1.165, 1.54) is 18.5 Å². The molecule has 2 aromatic carbocycles. The van der Waals surface area contributed by atoms with Crippen molar-refractivity contribution in [1.82, 2.24) is 9.55 Å². The van der Waals surface area contributed by atoms with Gasteiger partial charge in [-0.05, 0) is 43.2 Å². The number of aryl methyl sites for hydroxylation is 3. The van der Waals surface area contributed by atoms with E-state index in [2.05, 4.69) is 9.71 Å². The number of nitrogens with one attached hydrogen (secondary N) is 1. The fourth-order valence-electron chi connectivity index (χ4n) is 2.72. The zero-order valence-corrected chi connectivity index (χ0v) is 14.8. The number of hydrogen-bond donors (Lipinski definition) is 2. The van der Waals surface area contributed by atoms with Crippen LogP contribution in [0, 0.1) is 13.8 Å². The van der Waals surface area contributed by atoms with Crippen molar-refractivity contribution in [3.63, 3.8) is 0 Å². The smallest absolute Gasteiger partial charge is 0.337 e. The Morgan fingerprint density at radius 2 is 1.92 bits per heavy atom. The number of rotatable bonds is 4. The lowest BCUT2D eigenvalue weighted by atomic mass is 10.1. The minimum absolute atomic E-state index is 0.0174. The van der Waals surface area contributed by atoms with Gasteiger partial charge in [-0.3, -0.25) is 4.72 Å². The Morgan fingerprint density at radius 3 is 2.60 bits per heavy atom. The summed E-state index contributed by atoms with van der Waals surface area (Å²) in [7, 11) is -2.17. The number of fused-ring (bicyclic) bond motifs is 1. The van der Waals surface area contributed by atoms with Crippen molar-refractivity contribution in [3.05, 3.63) is 53.3 Å². The summed E-state index contributed by atoms with van der Waals surface area (Å²) in [6.07, 6.45) is 1.49. The van der Waals surface area contributed by atoms with E-state index >= 15 is 0 Å². The van der Waals surface area contributed by atoms with Crippen LogP contribution in [0.4, 0.5) is 5.69 Å². The van der Waals surface area contributed by atoms with E-state index in [4.69, 9.17) is 0 Å². The highest BCUT2D eigenvalue weighted by Gasteiger charge is 2.20. The van der Waals surface area contributed by atoms with Crippen LogP contribution in [0.3, 0.4) is 0 Å². The van der Waals surface area contributed by atoms with Gasteiger partial charge in [0, 0.05) is 7.05 Å². The first kappa shape index (κ1) is 17.0. The predicted molar refractivity (Wildman–Crippen MR) is 94.4 cm³/mol. The molecule has 0 spiro atoms. The molecule has 0 saturated carbocycles. The van der Waals surface area contributed by atoms with Crippen LogP contribution in [0.5, 0.6) is 0 Å². The molecule has 0 unspecified atom stereocenters. The Hall–Kier alpha value is -2.87. The van der Waals surface area contributed by atoms with Gasteiger partial charge in [-0.1, -0.05) is 12.1 Å². The number of anilines is 1. The number of nitrogens with zero attached hydrogens (tertiary/aromatic N) is 2. The summed E-state index contributed by atoms with van der Waals surface area (Å²) in [6, 6.07) is 7.96. The lowest BCUT2D eigenvalue weighted by Crippen LogP contribution is -2.15. The molecule has 2 N–H and O–H groups in total. The van der Waals surface area contributed by atoms with Crippen molar-refractivity contribution in [1.29, 1.82) is 0 Å². The van der Waals surface area contributed by atoms with Gasteiger partial charge < -0.3 is 9.67 Å². The van der Waals surface area contributed by atoms with E-state index in [0.717, 1.165) is 5.56 Å². The van der Waals surface area contributed by atoms with Crippen molar-refractivity contribution < 1.29 is 18.3 Å². The first-order valence-electron chi connectivity index (χ1n) is 7.47. The molecule has 0 aliphatic heterocycles. The molecule has 3 aromatic rings. The highest BCUT2D eigenvalue weighted by atomic mass is 32.2. The number of benzene rings is 2. The second-order valence-electron chi connectivity index (χ2n) is 5.93. The second kappa shape index (κ2) is 5.89. The molecule has 0 atom stereocenters. The molecule has 0 aliphatic rings. The van der Waals surface area contributed by atoms with Gasteiger partial charge in [-0.25, -0.2) is 18.2 Å². The number of hydrogen-bond acceptors (Lipinski definition) is 4. The molecule has 1 aromatic heterocycles. The molecule has 0 saturated heterocycles. The normalized spacial score (nSPS) is 11.6. The van der Waals surface area contributed by atoms with Gasteiger partial charge in [0.1, 0.15) is 0 Å². The molecule has 1 heterocycles. The number of carbonyl (C=O) groups is 1. The van der Waals surface area contributed by atoms with Crippen LogP contribution < -0.4 is 4.72 Å². The monoisotopic (exact) mass is 359 g/mol. The zero-order chi connectivity index (χ0) is 18.4. The summed E-state index contributed by atoms with van der Waals surface area (Å²) in [5.41, 5.74) is 2.40. The van der Waals surface area contributed by atoms with Crippen molar-refractivity contribution in [2.45, 2.75) is 18.7 Å². The molecule has 0 amide bonds. The summed E-state index contributed by atoms with van der Waals surface area (Å²) in [4.78, 5) is 15.8. The fraction of sp³-hybridized carbons (Fsp3) is 0.176. The maximum atomic E-state index is 12.7. The SMILES string of the molecule is Cc1ccc(C)c(S(=O)(=O)Nc2cc(C(=O)O)c3c(c2)ncn3C)c1. The number of sulfonamides is 1. The highest BCUT2D eigenvalue weighted by Crippen LogP contribution is 2.26. The van der Waals surface area contributed by atoms with E-state index in [0.29, 0.717) is 16.6 Å². The van der Waals surface area contributed by atoms with Crippen molar-refractivity contribution in [2.75, 3.05) is 4.72 Å². The maximum Gasteiger partial charge on any atom is 0.337 e. The summed E-state index contributed by atoms with van der Waals surface area (Å²) in [5, 5.41) is 9.43. The van der Waals surface area contributed by atoms with Gasteiger partial charge in [0.2, 0.25) is 0 Å².